The van der Waals surface area contributed by atoms with Gasteiger partial charge in [-0.15, -0.1) is 0 Å². The van der Waals surface area contributed by atoms with E-state index in [1.807, 2.05) is 55.5 Å². The lowest BCUT2D eigenvalue weighted by molar-refractivity contribution is 1.48. The summed E-state index contributed by atoms with van der Waals surface area (Å²) in [5.74, 6) is 0. The number of rotatable bonds is 2. The van der Waals surface area contributed by atoms with Crippen LogP contribution < -0.4 is 0 Å². The molecule has 2 aromatic carbocycles. The molecule has 74 valence electrons. The van der Waals surface area contributed by atoms with E-state index >= 15 is 0 Å². The van der Waals surface area contributed by atoms with Gasteiger partial charge in [0.2, 0.25) is 0 Å². The zero-order valence-corrected chi connectivity index (χ0v) is 8.72. The van der Waals surface area contributed by atoms with Gasteiger partial charge in [-0.3, -0.25) is 4.99 Å². The summed E-state index contributed by atoms with van der Waals surface area (Å²) in [7, 11) is 0. The Morgan fingerprint density at radius 3 is 1.93 bits per heavy atom. The molecule has 0 fully saturated rings. The maximum Gasteiger partial charge on any atom is 0.0633 e. The first kappa shape index (κ1) is 9.66. The standard InChI is InChI=1S/C14H13N/c1-12(13-8-4-2-5-9-13)15-14-10-6-3-7-11-14/h2-11H,1H3. The molecule has 1 heteroatoms. The van der Waals surface area contributed by atoms with Crippen LogP contribution in [0.3, 0.4) is 0 Å². The van der Waals surface area contributed by atoms with Gasteiger partial charge in [0, 0.05) is 5.71 Å². The molecule has 2 rings (SSSR count). The minimum Gasteiger partial charge on any atom is -0.253 e. The number of hydrogen-bond donors (Lipinski definition) is 0. The minimum absolute atomic E-state index is 0.999. The van der Waals surface area contributed by atoms with E-state index in [0.717, 1.165) is 11.4 Å². The Hall–Kier alpha value is -1.89. The van der Waals surface area contributed by atoms with Crippen LogP contribution in [0.15, 0.2) is 65.7 Å². The molecule has 0 bridgehead atoms. The third kappa shape index (κ3) is 2.53. The van der Waals surface area contributed by atoms with Gasteiger partial charge in [0.15, 0.2) is 0 Å². The summed E-state index contributed by atoms with van der Waals surface area (Å²) in [6, 6.07) is 20.2. The highest BCUT2D eigenvalue weighted by Crippen LogP contribution is 2.12. The van der Waals surface area contributed by atoms with Gasteiger partial charge < -0.3 is 0 Å². The Kier molecular flexibility index (Phi) is 2.93. The molecule has 0 saturated carbocycles. The molecule has 0 heterocycles. The summed E-state index contributed by atoms with van der Waals surface area (Å²) in [6.45, 7) is 2.03. The van der Waals surface area contributed by atoms with E-state index in [1.165, 1.54) is 5.56 Å². The number of benzene rings is 2. The highest BCUT2D eigenvalue weighted by Gasteiger charge is 1.95. The van der Waals surface area contributed by atoms with Crippen molar-refractivity contribution in [2.45, 2.75) is 6.92 Å². The number of nitrogens with zero attached hydrogens (tertiary/aromatic N) is 1. The van der Waals surface area contributed by atoms with E-state index in [0.29, 0.717) is 0 Å². The van der Waals surface area contributed by atoms with E-state index in [1.54, 1.807) is 0 Å². The fourth-order valence-corrected chi connectivity index (χ4v) is 1.44. The van der Waals surface area contributed by atoms with Crippen molar-refractivity contribution in [1.29, 1.82) is 0 Å². The molecule has 1 nitrogen and oxygen atoms in total. The lowest BCUT2D eigenvalue weighted by Gasteiger charge is -2.00. The second kappa shape index (κ2) is 4.56. The van der Waals surface area contributed by atoms with Gasteiger partial charge in [0.25, 0.3) is 0 Å². The van der Waals surface area contributed by atoms with Crippen LogP contribution in [0.4, 0.5) is 5.69 Å². The molecule has 0 aromatic heterocycles. The van der Waals surface area contributed by atoms with Gasteiger partial charge in [-0.05, 0) is 24.6 Å². The van der Waals surface area contributed by atoms with Crippen LogP contribution in [-0.2, 0) is 0 Å². The summed E-state index contributed by atoms with van der Waals surface area (Å²) < 4.78 is 0. The Morgan fingerprint density at radius 1 is 0.800 bits per heavy atom. The van der Waals surface area contributed by atoms with Crippen LogP contribution in [0.2, 0.25) is 0 Å². The minimum atomic E-state index is 0.999. The Balaban J connectivity index is 2.29. The summed E-state index contributed by atoms with van der Waals surface area (Å²) in [5, 5.41) is 0. The van der Waals surface area contributed by atoms with Crippen molar-refractivity contribution in [3.63, 3.8) is 0 Å². The first-order valence-electron chi connectivity index (χ1n) is 5.02. The smallest absolute Gasteiger partial charge is 0.0633 e. The molecule has 0 aliphatic rings. The predicted octanol–water partition coefficient (Wildman–Crippen LogP) is 3.83. The maximum absolute atomic E-state index is 4.55. The van der Waals surface area contributed by atoms with Gasteiger partial charge in [0.1, 0.15) is 0 Å². The second-order valence-electron chi connectivity index (χ2n) is 3.40. The van der Waals surface area contributed by atoms with Gasteiger partial charge in [0.05, 0.1) is 5.69 Å². The van der Waals surface area contributed by atoms with Crippen molar-refractivity contribution in [1.82, 2.24) is 0 Å². The van der Waals surface area contributed by atoms with Crippen LogP contribution in [0, 0.1) is 0 Å². The zero-order valence-electron chi connectivity index (χ0n) is 8.72. The third-order valence-corrected chi connectivity index (χ3v) is 2.24. The van der Waals surface area contributed by atoms with Gasteiger partial charge in [-0.1, -0.05) is 48.5 Å². The van der Waals surface area contributed by atoms with Crippen molar-refractivity contribution < 1.29 is 0 Å². The summed E-state index contributed by atoms with van der Waals surface area (Å²) in [6.07, 6.45) is 0. The van der Waals surface area contributed by atoms with Crippen molar-refractivity contribution in [3.05, 3.63) is 66.2 Å². The van der Waals surface area contributed by atoms with Crippen molar-refractivity contribution in [2.75, 3.05) is 0 Å². The summed E-state index contributed by atoms with van der Waals surface area (Å²) >= 11 is 0. The first-order chi connectivity index (χ1) is 7.36. The fourth-order valence-electron chi connectivity index (χ4n) is 1.44. The number of para-hydroxylation sites is 1. The number of aliphatic imine (C=N–C) groups is 1. The van der Waals surface area contributed by atoms with Gasteiger partial charge in [-0.25, -0.2) is 0 Å². The third-order valence-electron chi connectivity index (χ3n) is 2.24. The molecule has 0 spiro atoms. The van der Waals surface area contributed by atoms with Gasteiger partial charge in [-0.2, -0.15) is 0 Å². The molecule has 0 unspecified atom stereocenters. The molecular formula is C14H13N. The van der Waals surface area contributed by atoms with Crippen LogP contribution in [0.25, 0.3) is 0 Å². The normalized spacial score (nSPS) is 11.4. The van der Waals surface area contributed by atoms with Crippen LogP contribution in [0.1, 0.15) is 12.5 Å². The van der Waals surface area contributed by atoms with Crippen molar-refractivity contribution in [2.24, 2.45) is 4.99 Å². The fraction of sp³-hybridized carbons (Fsp3) is 0.0714. The molecule has 0 aliphatic heterocycles. The number of hydrogen-bond acceptors (Lipinski definition) is 1. The topological polar surface area (TPSA) is 12.4 Å². The van der Waals surface area contributed by atoms with E-state index in [4.69, 9.17) is 0 Å². The van der Waals surface area contributed by atoms with Crippen molar-refractivity contribution in [3.8, 4) is 0 Å². The first-order valence-corrected chi connectivity index (χ1v) is 5.02. The van der Waals surface area contributed by atoms with E-state index in [-0.39, 0.29) is 0 Å². The highest BCUT2D eigenvalue weighted by molar-refractivity contribution is 6.00. The highest BCUT2D eigenvalue weighted by atomic mass is 14.7. The Labute approximate surface area is 90.1 Å². The van der Waals surface area contributed by atoms with Gasteiger partial charge >= 0.3 is 0 Å². The monoisotopic (exact) mass is 195 g/mol. The molecule has 15 heavy (non-hydrogen) atoms. The molecule has 0 atom stereocenters. The van der Waals surface area contributed by atoms with E-state index in [2.05, 4.69) is 17.1 Å². The molecule has 0 radical (unpaired) electrons. The molecule has 0 saturated heterocycles. The average molecular weight is 195 g/mol. The lowest BCUT2D eigenvalue weighted by Crippen LogP contribution is -1.92. The van der Waals surface area contributed by atoms with Crippen LogP contribution in [-0.4, -0.2) is 5.71 Å². The Morgan fingerprint density at radius 2 is 1.33 bits per heavy atom. The Bertz CT molecular complexity index is 443. The molecule has 2 aromatic rings. The maximum atomic E-state index is 4.55. The zero-order chi connectivity index (χ0) is 10.5. The van der Waals surface area contributed by atoms with E-state index in [9.17, 15) is 0 Å². The molecule has 0 N–H and O–H groups in total. The SMILES string of the molecule is CC(=Nc1ccccc1)c1ccccc1. The predicted molar refractivity (Wildman–Crippen MR) is 64.8 cm³/mol. The largest absolute Gasteiger partial charge is 0.253 e. The molecule has 0 amide bonds. The summed E-state index contributed by atoms with van der Waals surface area (Å²) in [4.78, 5) is 4.55. The van der Waals surface area contributed by atoms with Crippen LogP contribution >= 0.6 is 0 Å². The molecule has 0 aliphatic carbocycles. The van der Waals surface area contributed by atoms with E-state index < -0.39 is 0 Å². The molecular weight excluding hydrogens is 182 g/mol. The lowest BCUT2D eigenvalue weighted by atomic mass is 10.1. The quantitative estimate of drug-likeness (QED) is 0.646. The second-order valence-corrected chi connectivity index (χ2v) is 3.40. The summed E-state index contributed by atoms with van der Waals surface area (Å²) in [5.41, 5.74) is 3.21. The average Bonchev–Trinajstić information content (AvgIpc) is 2.31. The van der Waals surface area contributed by atoms with Crippen LogP contribution in [0.5, 0.6) is 0 Å². The van der Waals surface area contributed by atoms with Crippen molar-refractivity contribution >= 4 is 11.4 Å².